The van der Waals surface area contributed by atoms with Crippen molar-refractivity contribution in [2.45, 2.75) is 40.2 Å². The summed E-state index contributed by atoms with van der Waals surface area (Å²) in [6.45, 7) is 10.4. The summed E-state index contributed by atoms with van der Waals surface area (Å²) in [5.74, 6) is 1.78. The minimum atomic E-state index is -0.0155. The van der Waals surface area contributed by atoms with Crippen LogP contribution in [0.15, 0.2) is 24.5 Å². The van der Waals surface area contributed by atoms with Crippen LogP contribution in [-0.4, -0.2) is 66.4 Å². The Balaban J connectivity index is 1.40. The summed E-state index contributed by atoms with van der Waals surface area (Å²) in [6.07, 6.45) is 4.33. The fourth-order valence-corrected chi connectivity index (χ4v) is 4.47. The summed E-state index contributed by atoms with van der Waals surface area (Å²) in [6, 6.07) is 3.85. The van der Waals surface area contributed by atoms with Gasteiger partial charge in [-0.15, -0.1) is 5.10 Å². The van der Waals surface area contributed by atoms with Gasteiger partial charge < -0.3 is 9.80 Å². The molecule has 2 atom stereocenters. The highest BCUT2D eigenvalue weighted by atomic mass is 16.2. The highest BCUT2D eigenvalue weighted by Crippen LogP contribution is 2.35. The Labute approximate surface area is 181 Å². The number of hydrogen-bond donors (Lipinski definition) is 0. The number of piperidine rings is 1. The van der Waals surface area contributed by atoms with E-state index in [9.17, 15) is 4.79 Å². The van der Waals surface area contributed by atoms with E-state index in [1.165, 1.54) is 0 Å². The van der Waals surface area contributed by atoms with Gasteiger partial charge in [0.1, 0.15) is 0 Å². The van der Waals surface area contributed by atoms with E-state index in [0.717, 1.165) is 54.6 Å². The molecule has 31 heavy (non-hydrogen) atoms. The molecule has 2 aliphatic rings. The second kappa shape index (κ2) is 7.40. The first-order valence-electron chi connectivity index (χ1n) is 10.6. The molecule has 0 spiro atoms. The van der Waals surface area contributed by atoms with E-state index >= 15 is 0 Å². The summed E-state index contributed by atoms with van der Waals surface area (Å²) in [5, 5.41) is 7.90. The van der Waals surface area contributed by atoms with Gasteiger partial charge in [-0.3, -0.25) is 4.79 Å². The van der Waals surface area contributed by atoms with Crippen LogP contribution in [0.25, 0.3) is 5.82 Å². The molecule has 1 amide bonds. The van der Waals surface area contributed by atoms with Gasteiger partial charge in [0, 0.05) is 42.6 Å². The van der Waals surface area contributed by atoms with Crippen molar-refractivity contribution in [3.63, 3.8) is 0 Å². The topological polar surface area (TPSA) is 92.9 Å². The SMILES string of the molecule is Cc1ccc(C(=O)N2C[C@H]3CCN(c4nc(C)c(C)c(C)n4)C[C@@H]32)c(-n2ccnn2)n1. The molecule has 160 valence electrons. The van der Waals surface area contributed by atoms with Gasteiger partial charge in [-0.2, -0.15) is 0 Å². The summed E-state index contributed by atoms with van der Waals surface area (Å²) in [5.41, 5.74) is 4.52. The van der Waals surface area contributed by atoms with Crippen LogP contribution < -0.4 is 4.90 Å². The zero-order valence-corrected chi connectivity index (χ0v) is 18.3. The van der Waals surface area contributed by atoms with Crippen LogP contribution in [0.1, 0.15) is 39.4 Å². The number of carbonyl (C=O) groups excluding carboxylic acids is 1. The average Bonchev–Trinajstić information content (AvgIpc) is 3.27. The van der Waals surface area contributed by atoms with Gasteiger partial charge in [0.05, 0.1) is 24.0 Å². The third-order valence-electron chi connectivity index (χ3n) is 6.60. The Hall–Kier alpha value is -3.36. The van der Waals surface area contributed by atoms with E-state index in [-0.39, 0.29) is 11.9 Å². The Morgan fingerprint density at radius 1 is 1.03 bits per heavy atom. The van der Waals surface area contributed by atoms with Crippen LogP contribution in [0.4, 0.5) is 5.95 Å². The number of anilines is 1. The molecular formula is C22H26N8O. The number of nitrogens with zero attached hydrogens (tertiary/aromatic N) is 8. The first kappa shape index (κ1) is 19.6. The minimum Gasteiger partial charge on any atom is -0.339 e. The number of fused-ring (bicyclic) bond motifs is 1. The van der Waals surface area contributed by atoms with E-state index in [2.05, 4.69) is 27.1 Å². The molecule has 5 rings (SSSR count). The molecule has 0 radical (unpaired) electrons. The van der Waals surface area contributed by atoms with Crippen molar-refractivity contribution in [3.05, 3.63) is 52.7 Å². The number of rotatable bonds is 3. The number of pyridine rings is 1. The molecule has 0 unspecified atom stereocenters. The van der Waals surface area contributed by atoms with Gasteiger partial charge >= 0.3 is 0 Å². The van der Waals surface area contributed by atoms with Crippen molar-refractivity contribution in [1.82, 2.24) is 34.8 Å². The Morgan fingerprint density at radius 2 is 1.81 bits per heavy atom. The maximum Gasteiger partial charge on any atom is 0.258 e. The van der Waals surface area contributed by atoms with Gasteiger partial charge in [0.25, 0.3) is 5.91 Å². The monoisotopic (exact) mass is 418 g/mol. The maximum atomic E-state index is 13.5. The molecule has 2 fully saturated rings. The van der Waals surface area contributed by atoms with Crippen molar-refractivity contribution >= 4 is 11.9 Å². The van der Waals surface area contributed by atoms with Gasteiger partial charge in [-0.05, 0) is 51.8 Å². The zero-order chi connectivity index (χ0) is 21.7. The Bertz CT molecular complexity index is 1120. The fraction of sp³-hybridized carbons (Fsp3) is 0.455. The predicted molar refractivity (Wildman–Crippen MR) is 115 cm³/mol. The quantitative estimate of drug-likeness (QED) is 0.642. The van der Waals surface area contributed by atoms with Gasteiger partial charge in [-0.1, -0.05) is 5.21 Å². The van der Waals surface area contributed by atoms with Crippen molar-refractivity contribution in [2.24, 2.45) is 5.92 Å². The number of hydrogen-bond acceptors (Lipinski definition) is 7. The van der Waals surface area contributed by atoms with Crippen LogP contribution in [0.5, 0.6) is 0 Å². The molecule has 9 heteroatoms. The van der Waals surface area contributed by atoms with Crippen molar-refractivity contribution in [3.8, 4) is 5.82 Å². The van der Waals surface area contributed by atoms with Crippen molar-refractivity contribution < 1.29 is 4.79 Å². The van der Waals surface area contributed by atoms with E-state index in [1.54, 1.807) is 17.1 Å². The van der Waals surface area contributed by atoms with Crippen LogP contribution >= 0.6 is 0 Å². The number of likely N-dealkylation sites (tertiary alicyclic amines) is 1. The van der Waals surface area contributed by atoms with Gasteiger partial charge in [0.2, 0.25) is 5.95 Å². The average molecular weight is 419 g/mol. The standard InChI is InChI=1S/C22H26N8O/c1-13-5-6-18(20(24-13)30-10-8-23-27-30)21(31)29-11-17-7-9-28(12-19(17)29)22-25-15(3)14(2)16(4)26-22/h5-6,8,10,17,19H,7,9,11-12H2,1-4H3/t17-,19+/m1/s1. The van der Waals surface area contributed by atoms with Gasteiger partial charge in [-0.25, -0.2) is 19.6 Å². The molecule has 0 aromatic carbocycles. The lowest BCUT2D eigenvalue weighted by molar-refractivity contribution is 0.00763. The highest BCUT2D eigenvalue weighted by Gasteiger charge is 2.46. The third kappa shape index (κ3) is 3.34. The predicted octanol–water partition coefficient (Wildman–Crippen LogP) is 2.04. The smallest absolute Gasteiger partial charge is 0.258 e. The fourth-order valence-electron chi connectivity index (χ4n) is 4.47. The van der Waals surface area contributed by atoms with E-state index in [0.29, 0.717) is 17.3 Å². The number of carbonyl (C=O) groups is 1. The van der Waals surface area contributed by atoms with Gasteiger partial charge in [0.15, 0.2) is 5.82 Å². The van der Waals surface area contributed by atoms with Crippen LogP contribution in [0.3, 0.4) is 0 Å². The molecule has 0 bridgehead atoms. The lowest BCUT2D eigenvalue weighted by Gasteiger charge is -2.53. The van der Waals surface area contributed by atoms with Crippen LogP contribution in [-0.2, 0) is 0 Å². The molecular weight excluding hydrogens is 392 g/mol. The molecule has 3 aromatic heterocycles. The molecule has 2 saturated heterocycles. The molecule has 5 heterocycles. The van der Waals surface area contributed by atoms with Crippen molar-refractivity contribution in [1.29, 1.82) is 0 Å². The summed E-state index contributed by atoms with van der Waals surface area (Å²) >= 11 is 0. The van der Waals surface area contributed by atoms with Crippen molar-refractivity contribution in [2.75, 3.05) is 24.5 Å². The molecule has 0 aliphatic carbocycles. The minimum absolute atomic E-state index is 0.0155. The molecule has 2 aliphatic heterocycles. The summed E-state index contributed by atoms with van der Waals surface area (Å²) in [4.78, 5) is 31.6. The van der Waals surface area contributed by atoms with E-state index < -0.39 is 0 Å². The Morgan fingerprint density at radius 3 is 2.52 bits per heavy atom. The second-order valence-corrected chi connectivity index (χ2v) is 8.51. The summed E-state index contributed by atoms with van der Waals surface area (Å²) in [7, 11) is 0. The first-order valence-corrected chi connectivity index (χ1v) is 10.6. The first-order chi connectivity index (χ1) is 14.9. The zero-order valence-electron chi connectivity index (χ0n) is 18.3. The van der Waals surface area contributed by atoms with Crippen LogP contribution in [0.2, 0.25) is 0 Å². The number of amides is 1. The lowest BCUT2D eigenvalue weighted by Crippen LogP contribution is -2.66. The van der Waals surface area contributed by atoms with E-state index in [1.807, 2.05) is 37.8 Å². The normalized spacial score (nSPS) is 20.4. The summed E-state index contributed by atoms with van der Waals surface area (Å²) < 4.78 is 1.55. The molecule has 0 saturated carbocycles. The number of aryl methyl sites for hydroxylation is 3. The third-order valence-corrected chi connectivity index (χ3v) is 6.60. The molecule has 9 nitrogen and oxygen atoms in total. The highest BCUT2D eigenvalue weighted by molar-refractivity contribution is 5.98. The largest absolute Gasteiger partial charge is 0.339 e. The Kier molecular flexibility index (Phi) is 4.68. The molecule has 3 aromatic rings. The van der Waals surface area contributed by atoms with Crippen LogP contribution in [0, 0.1) is 33.6 Å². The van der Waals surface area contributed by atoms with E-state index in [4.69, 9.17) is 9.97 Å². The molecule has 0 N–H and O–H groups in total. The maximum absolute atomic E-state index is 13.5. The second-order valence-electron chi connectivity index (χ2n) is 8.51. The number of aromatic nitrogens is 6. The lowest BCUT2D eigenvalue weighted by atomic mass is 9.82.